The van der Waals surface area contributed by atoms with E-state index in [0.29, 0.717) is 5.69 Å². The monoisotopic (exact) mass is 264 g/mol. The molecule has 8 heteroatoms. The molecular weight excluding hydrogens is 255 g/mol. The number of carbonyl (C=O) groups is 1. The number of rotatable bonds is 3. The lowest BCUT2D eigenvalue weighted by atomic mass is 10.2. The third-order valence-electron chi connectivity index (χ3n) is 2.37. The van der Waals surface area contributed by atoms with Crippen LogP contribution >= 0.6 is 0 Å². The summed E-state index contributed by atoms with van der Waals surface area (Å²) in [6, 6.07) is 6.15. The van der Waals surface area contributed by atoms with Gasteiger partial charge in [0.25, 0.3) is 5.91 Å². The number of amides is 1. The van der Waals surface area contributed by atoms with Crippen molar-refractivity contribution in [3.8, 4) is 0 Å². The number of aromatic nitrogens is 1. The first-order chi connectivity index (χ1) is 8.97. The molecule has 98 valence electrons. The summed E-state index contributed by atoms with van der Waals surface area (Å²) in [6.07, 6.45) is 0. The Hall–Kier alpha value is -2.90. The summed E-state index contributed by atoms with van der Waals surface area (Å²) in [6.45, 7) is 0. The first-order valence-corrected chi connectivity index (χ1v) is 5.17. The fourth-order valence-corrected chi connectivity index (χ4v) is 1.44. The molecule has 0 fully saturated rings. The van der Waals surface area contributed by atoms with E-state index in [1.165, 1.54) is 24.3 Å². The largest absolute Gasteiger partial charge is 0.396 e. The molecule has 1 amide bonds. The fraction of sp³-hybridized carbons (Fsp3) is 0. The summed E-state index contributed by atoms with van der Waals surface area (Å²) in [5.41, 5.74) is 5.57. The molecule has 0 atom stereocenters. The highest BCUT2D eigenvalue weighted by Crippen LogP contribution is 2.17. The Morgan fingerprint density at radius 1 is 1.37 bits per heavy atom. The van der Waals surface area contributed by atoms with E-state index in [9.17, 15) is 19.3 Å². The van der Waals surface area contributed by atoms with Gasteiger partial charge in [0.15, 0.2) is 5.69 Å². The van der Waals surface area contributed by atoms with Crippen LogP contribution in [0.5, 0.6) is 0 Å². The predicted octanol–water partition coefficient (Wildman–Crippen LogP) is 1.90. The summed E-state index contributed by atoms with van der Waals surface area (Å²) >= 11 is 0. The molecule has 2 aromatic rings. The molecule has 4 N–H and O–H groups in total. The molecular formula is C11H9FN4O3. The van der Waals surface area contributed by atoms with Crippen molar-refractivity contribution in [3.63, 3.8) is 0 Å². The number of H-pyrrole nitrogens is 1. The van der Waals surface area contributed by atoms with Crippen LogP contribution in [0.25, 0.3) is 0 Å². The van der Waals surface area contributed by atoms with Crippen molar-refractivity contribution in [1.29, 1.82) is 0 Å². The number of carbonyl (C=O) groups excluding carboxylic acids is 1. The van der Waals surface area contributed by atoms with Crippen LogP contribution in [0.15, 0.2) is 30.3 Å². The molecule has 0 spiro atoms. The summed E-state index contributed by atoms with van der Waals surface area (Å²) in [5.74, 6) is -1.46. The quantitative estimate of drug-likeness (QED) is 0.446. The van der Waals surface area contributed by atoms with Crippen LogP contribution in [0.3, 0.4) is 0 Å². The van der Waals surface area contributed by atoms with Crippen LogP contribution in [0.2, 0.25) is 0 Å². The molecule has 0 aliphatic heterocycles. The van der Waals surface area contributed by atoms with Crippen LogP contribution in [0.4, 0.5) is 21.6 Å². The lowest BCUT2D eigenvalue weighted by molar-refractivity contribution is -0.389. The SMILES string of the molecule is Nc1cc(NC(=O)c2ccc([N+](=O)[O-])[nH]2)ccc1F. The standard InChI is InChI=1S/C11H9FN4O3/c12-7-2-1-6(5-8(7)13)14-11(17)9-3-4-10(15-9)16(18)19/h1-5,15H,13H2,(H,14,17). The average Bonchev–Trinajstić information content (AvgIpc) is 2.83. The number of halogens is 1. The van der Waals surface area contributed by atoms with Crippen LogP contribution < -0.4 is 11.1 Å². The number of nitrogen functional groups attached to an aromatic ring is 1. The van der Waals surface area contributed by atoms with E-state index in [1.54, 1.807) is 0 Å². The van der Waals surface area contributed by atoms with E-state index in [-0.39, 0.29) is 17.2 Å². The minimum atomic E-state index is -0.646. The number of hydrogen-bond acceptors (Lipinski definition) is 4. The molecule has 1 aromatic carbocycles. The van der Waals surface area contributed by atoms with E-state index >= 15 is 0 Å². The first kappa shape index (κ1) is 12.6. The highest BCUT2D eigenvalue weighted by molar-refractivity contribution is 6.03. The summed E-state index contributed by atoms with van der Waals surface area (Å²) in [4.78, 5) is 23.9. The van der Waals surface area contributed by atoms with Crippen molar-refractivity contribution >= 4 is 23.1 Å². The van der Waals surface area contributed by atoms with Gasteiger partial charge < -0.3 is 21.2 Å². The van der Waals surface area contributed by atoms with E-state index in [4.69, 9.17) is 5.73 Å². The fourth-order valence-electron chi connectivity index (χ4n) is 1.44. The van der Waals surface area contributed by atoms with E-state index < -0.39 is 16.6 Å². The van der Waals surface area contributed by atoms with Gasteiger partial charge in [-0.05, 0) is 29.2 Å². The molecule has 1 aromatic heterocycles. The molecule has 0 saturated carbocycles. The Morgan fingerprint density at radius 3 is 2.68 bits per heavy atom. The Balaban J connectivity index is 2.15. The maximum absolute atomic E-state index is 12.9. The molecule has 0 saturated heterocycles. The first-order valence-electron chi connectivity index (χ1n) is 5.17. The van der Waals surface area contributed by atoms with Crippen molar-refractivity contribution in [2.45, 2.75) is 0 Å². The zero-order chi connectivity index (χ0) is 14.0. The van der Waals surface area contributed by atoms with Crippen molar-refractivity contribution in [2.75, 3.05) is 11.1 Å². The van der Waals surface area contributed by atoms with Crippen LogP contribution in [-0.4, -0.2) is 15.8 Å². The van der Waals surface area contributed by atoms with Crippen molar-refractivity contribution < 1.29 is 14.1 Å². The van der Waals surface area contributed by atoms with Gasteiger partial charge in [-0.1, -0.05) is 0 Å². The smallest absolute Gasteiger partial charge is 0.321 e. The third-order valence-corrected chi connectivity index (χ3v) is 2.37. The van der Waals surface area contributed by atoms with Gasteiger partial charge in [0.05, 0.1) is 5.69 Å². The topological polar surface area (TPSA) is 114 Å². The number of nitrogens with two attached hydrogens (primary N) is 1. The lowest BCUT2D eigenvalue weighted by Gasteiger charge is -2.04. The van der Waals surface area contributed by atoms with Crippen molar-refractivity contribution in [3.05, 3.63) is 52.0 Å². The van der Waals surface area contributed by atoms with Gasteiger partial charge in [-0.2, -0.15) is 0 Å². The van der Waals surface area contributed by atoms with Crippen LogP contribution in [0.1, 0.15) is 10.5 Å². The van der Waals surface area contributed by atoms with Crippen molar-refractivity contribution in [2.24, 2.45) is 0 Å². The van der Waals surface area contributed by atoms with Gasteiger partial charge >= 0.3 is 5.82 Å². The molecule has 1 heterocycles. The third kappa shape index (κ3) is 2.68. The van der Waals surface area contributed by atoms with Crippen molar-refractivity contribution in [1.82, 2.24) is 4.98 Å². The second kappa shape index (κ2) is 4.77. The average molecular weight is 264 g/mol. The Kier molecular flexibility index (Phi) is 3.15. The number of anilines is 2. The lowest BCUT2D eigenvalue weighted by Crippen LogP contribution is -2.12. The molecule has 0 aliphatic rings. The number of nitrogens with zero attached hydrogens (tertiary/aromatic N) is 1. The molecule has 7 nitrogen and oxygen atoms in total. The summed E-state index contributed by atoms with van der Waals surface area (Å²) in [5, 5.41) is 12.9. The Morgan fingerprint density at radius 2 is 2.11 bits per heavy atom. The van der Waals surface area contributed by atoms with Gasteiger partial charge in [-0.3, -0.25) is 4.79 Å². The van der Waals surface area contributed by atoms with E-state index in [2.05, 4.69) is 10.3 Å². The van der Waals surface area contributed by atoms with E-state index in [1.807, 2.05) is 0 Å². The van der Waals surface area contributed by atoms with Gasteiger partial charge in [0, 0.05) is 11.8 Å². The number of hydrogen-bond donors (Lipinski definition) is 3. The number of nitrogens with one attached hydrogen (secondary N) is 2. The zero-order valence-corrected chi connectivity index (χ0v) is 9.51. The number of benzene rings is 1. The maximum atomic E-state index is 12.9. The second-order valence-electron chi connectivity index (χ2n) is 3.70. The molecule has 0 radical (unpaired) electrons. The van der Waals surface area contributed by atoms with Crippen LogP contribution in [0, 0.1) is 15.9 Å². The highest BCUT2D eigenvalue weighted by Gasteiger charge is 2.15. The van der Waals surface area contributed by atoms with E-state index in [0.717, 1.165) is 6.07 Å². The predicted molar refractivity (Wildman–Crippen MR) is 66.2 cm³/mol. The molecule has 19 heavy (non-hydrogen) atoms. The zero-order valence-electron chi connectivity index (χ0n) is 9.51. The highest BCUT2D eigenvalue weighted by atomic mass is 19.1. The van der Waals surface area contributed by atoms with Gasteiger partial charge in [-0.15, -0.1) is 0 Å². The number of aromatic amines is 1. The molecule has 0 aliphatic carbocycles. The summed E-state index contributed by atoms with van der Waals surface area (Å²) in [7, 11) is 0. The van der Waals surface area contributed by atoms with Crippen LogP contribution in [-0.2, 0) is 0 Å². The Bertz CT molecular complexity index is 653. The minimum absolute atomic E-state index is 0.0228. The molecule has 0 bridgehead atoms. The Labute approximate surface area is 106 Å². The molecule has 0 unspecified atom stereocenters. The molecule has 2 rings (SSSR count). The second-order valence-corrected chi connectivity index (χ2v) is 3.70. The summed E-state index contributed by atoms with van der Waals surface area (Å²) < 4.78 is 12.9. The normalized spacial score (nSPS) is 10.2. The van der Waals surface area contributed by atoms with Gasteiger partial charge in [0.2, 0.25) is 0 Å². The minimum Gasteiger partial charge on any atom is -0.396 e. The number of nitro groups is 1. The van der Waals surface area contributed by atoms with Gasteiger partial charge in [-0.25, -0.2) is 9.37 Å². The maximum Gasteiger partial charge on any atom is 0.321 e. The van der Waals surface area contributed by atoms with Gasteiger partial charge in [0.1, 0.15) is 5.82 Å².